The SMILES string of the molecule is CC(C)C(C(C)C)C(C)(P)P. The average Bonchev–Trinajstić information content (AvgIpc) is 1.54. The molecule has 0 saturated heterocycles. The molecule has 0 heterocycles. The highest BCUT2D eigenvalue weighted by Crippen LogP contribution is 2.42. The van der Waals surface area contributed by atoms with Crippen LogP contribution in [0.3, 0.4) is 0 Å². The molecule has 11 heavy (non-hydrogen) atoms. The fourth-order valence-electron chi connectivity index (χ4n) is 2.21. The minimum Gasteiger partial charge on any atom is -0.127 e. The van der Waals surface area contributed by atoms with E-state index in [4.69, 9.17) is 0 Å². The summed E-state index contributed by atoms with van der Waals surface area (Å²) in [7, 11) is 5.86. The maximum absolute atomic E-state index is 2.93. The Hall–Kier alpha value is 0.860. The Labute approximate surface area is 76.3 Å². The first kappa shape index (κ1) is 11.9. The fraction of sp³-hybridized carbons (Fsp3) is 1.00. The van der Waals surface area contributed by atoms with Gasteiger partial charge in [-0.25, -0.2) is 0 Å². The molecule has 0 aromatic rings. The number of hydrogen-bond donors (Lipinski definition) is 0. The molecule has 2 atom stereocenters. The van der Waals surface area contributed by atoms with Crippen molar-refractivity contribution < 1.29 is 0 Å². The van der Waals surface area contributed by atoms with Crippen LogP contribution in [-0.2, 0) is 0 Å². The second-order valence-corrected chi connectivity index (χ2v) is 7.53. The Kier molecular flexibility index (Phi) is 4.53. The van der Waals surface area contributed by atoms with Crippen LogP contribution in [0.5, 0.6) is 0 Å². The summed E-state index contributed by atoms with van der Waals surface area (Å²) < 4.78 is 0. The molecule has 2 unspecified atom stereocenters. The smallest absolute Gasteiger partial charge is 0.000223 e. The molecule has 0 fully saturated rings. The minimum atomic E-state index is 0.294. The first-order chi connectivity index (χ1) is 4.76. The van der Waals surface area contributed by atoms with Crippen molar-refractivity contribution in [2.75, 3.05) is 0 Å². The van der Waals surface area contributed by atoms with Crippen LogP contribution in [0.15, 0.2) is 0 Å². The van der Waals surface area contributed by atoms with Gasteiger partial charge in [-0.2, -0.15) is 0 Å². The molecule has 0 aliphatic heterocycles. The quantitative estimate of drug-likeness (QED) is 0.601. The monoisotopic (exact) mass is 192 g/mol. The van der Waals surface area contributed by atoms with Crippen LogP contribution in [0.4, 0.5) is 0 Å². The minimum absolute atomic E-state index is 0.294. The van der Waals surface area contributed by atoms with Crippen molar-refractivity contribution in [2.24, 2.45) is 17.8 Å². The maximum Gasteiger partial charge on any atom is -0.000223 e. The van der Waals surface area contributed by atoms with E-state index < -0.39 is 0 Å². The van der Waals surface area contributed by atoms with Crippen molar-refractivity contribution in [2.45, 2.75) is 39.5 Å². The first-order valence-electron chi connectivity index (χ1n) is 4.34. The summed E-state index contributed by atoms with van der Waals surface area (Å²) in [5, 5.41) is 0. The van der Waals surface area contributed by atoms with Gasteiger partial charge >= 0.3 is 0 Å². The normalized spacial score (nSPS) is 13.6. The predicted octanol–water partition coefficient (Wildman–Crippen LogP) is 3.38. The van der Waals surface area contributed by atoms with Crippen LogP contribution in [0.2, 0.25) is 0 Å². The van der Waals surface area contributed by atoms with Gasteiger partial charge in [-0.3, -0.25) is 0 Å². The van der Waals surface area contributed by atoms with Crippen LogP contribution < -0.4 is 0 Å². The van der Waals surface area contributed by atoms with Crippen molar-refractivity contribution in [1.82, 2.24) is 0 Å². The van der Waals surface area contributed by atoms with Gasteiger partial charge in [0.2, 0.25) is 0 Å². The molecule has 2 heteroatoms. The zero-order valence-corrected chi connectivity index (χ0v) is 10.7. The van der Waals surface area contributed by atoms with Crippen LogP contribution in [-0.4, -0.2) is 4.90 Å². The van der Waals surface area contributed by atoms with Crippen molar-refractivity contribution in [3.05, 3.63) is 0 Å². The highest BCUT2D eigenvalue weighted by Gasteiger charge is 2.30. The Morgan fingerprint density at radius 2 is 1.18 bits per heavy atom. The molecule has 0 aromatic carbocycles. The lowest BCUT2D eigenvalue weighted by Crippen LogP contribution is -2.30. The summed E-state index contributed by atoms with van der Waals surface area (Å²) >= 11 is 0. The van der Waals surface area contributed by atoms with Gasteiger partial charge in [-0.05, 0) is 22.7 Å². The summed E-state index contributed by atoms with van der Waals surface area (Å²) in [5.41, 5.74) is 0. The van der Waals surface area contributed by atoms with E-state index in [9.17, 15) is 0 Å². The van der Waals surface area contributed by atoms with Crippen molar-refractivity contribution >= 4 is 18.5 Å². The molecular formula is C9H22P2. The van der Waals surface area contributed by atoms with E-state index >= 15 is 0 Å². The topological polar surface area (TPSA) is 0 Å². The van der Waals surface area contributed by atoms with Gasteiger partial charge in [0.1, 0.15) is 0 Å². The predicted molar refractivity (Wildman–Crippen MR) is 61.0 cm³/mol. The van der Waals surface area contributed by atoms with E-state index in [1.165, 1.54) is 0 Å². The van der Waals surface area contributed by atoms with E-state index in [0.29, 0.717) is 4.90 Å². The van der Waals surface area contributed by atoms with Gasteiger partial charge in [0.15, 0.2) is 0 Å². The molecule has 0 nitrogen and oxygen atoms in total. The molecule has 0 saturated carbocycles. The van der Waals surface area contributed by atoms with Gasteiger partial charge in [0.05, 0.1) is 0 Å². The highest BCUT2D eigenvalue weighted by molar-refractivity contribution is 7.39. The van der Waals surface area contributed by atoms with Crippen LogP contribution in [0.25, 0.3) is 0 Å². The number of rotatable bonds is 3. The molecule has 0 rings (SSSR count). The molecule has 0 N–H and O–H groups in total. The van der Waals surface area contributed by atoms with Crippen molar-refractivity contribution in [3.8, 4) is 0 Å². The average molecular weight is 192 g/mol. The van der Waals surface area contributed by atoms with Gasteiger partial charge in [-0.15, -0.1) is 18.5 Å². The number of hydrogen-bond acceptors (Lipinski definition) is 0. The van der Waals surface area contributed by atoms with Crippen LogP contribution in [0, 0.1) is 17.8 Å². The van der Waals surface area contributed by atoms with Crippen LogP contribution in [0.1, 0.15) is 34.6 Å². The third kappa shape index (κ3) is 3.86. The first-order valence-corrected chi connectivity index (χ1v) is 5.50. The van der Waals surface area contributed by atoms with E-state index in [2.05, 4.69) is 53.1 Å². The second-order valence-electron chi connectivity index (χ2n) is 4.38. The molecule has 0 bridgehead atoms. The molecule has 0 amide bonds. The van der Waals surface area contributed by atoms with Gasteiger partial charge in [0, 0.05) is 0 Å². The van der Waals surface area contributed by atoms with E-state index in [1.54, 1.807) is 0 Å². The third-order valence-electron chi connectivity index (χ3n) is 2.15. The summed E-state index contributed by atoms with van der Waals surface area (Å²) in [6, 6.07) is 0. The molecule has 0 aliphatic carbocycles. The molecule has 0 aliphatic rings. The van der Waals surface area contributed by atoms with Crippen molar-refractivity contribution in [3.63, 3.8) is 0 Å². The molecular weight excluding hydrogens is 170 g/mol. The Morgan fingerprint density at radius 1 is 0.909 bits per heavy atom. The Morgan fingerprint density at radius 3 is 1.18 bits per heavy atom. The van der Waals surface area contributed by atoms with Gasteiger partial charge < -0.3 is 0 Å². The highest BCUT2D eigenvalue weighted by atomic mass is 31.1. The molecule has 0 radical (unpaired) electrons. The zero-order chi connectivity index (χ0) is 9.23. The zero-order valence-electron chi connectivity index (χ0n) is 8.39. The lowest BCUT2D eigenvalue weighted by molar-refractivity contribution is 0.272. The molecule has 0 spiro atoms. The van der Waals surface area contributed by atoms with E-state index in [1.807, 2.05) is 0 Å². The summed E-state index contributed by atoms with van der Waals surface area (Å²) in [6.07, 6.45) is 0. The van der Waals surface area contributed by atoms with Crippen LogP contribution >= 0.6 is 18.5 Å². The van der Waals surface area contributed by atoms with E-state index in [0.717, 1.165) is 17.8 Å². The lowest BCUT2D eigenvalue weighted by Gasteiger charge is -2.36. The second kappa shape index (κ2) is 4.20. The lowest BCUT2D eigenvalue weighted by atomic mass is 9.83. The Balaban J connectivity index is 4.35. The third-order valence-corrected chi connectivity index (χ3v) is 2.92. The Bertz CT molecular complexity index is 103. The fourth-order valence-corrected chi connectivity index (χ4v) is 3.75. The van der Waals surface area contributed by atoms with Crippen molar-refractivity contribution in [1.29, 1.82) is 0 Å². The summed E-state index contributed by atoms with van der Waals surface area (Å²) in [5.74, 6) is 2.28. The molecule has 0 aromatic heterocycles. The summed E-state index contributed by atoms with van der Waals surface area (Å²) in [4.78, 5) is 0.294. The van der Waals surface area contributed by atoms with E-state index in [-0.39, 0.29) is 0 Å². The summed E-state index contributed by atoms with van der Waals surface area (Å²) in [6.45, 7) is 11.5. The largest absolute Gasteiger partial charge is 0.127 e. The standard InChI is InChI=1S/C9H22P2/c1-6(2)8(7(3)4)9(5,10)11/h6-8H,10-11H2,1-5H3. The van der Waals surface area contributed by atoms with Gasteiger partial charge in [-0.1, -0.05) is 34.6 Å². The maximum atomic E-state index is 2.93. The molecule has 68 valence electrons. The van der Waals surface area contributed by atoms with Gasteiger partial charge in [0.25, 0.3) is 0 Å².